The van der Waals surface area contributed by atoms with E-state index in [0.717, 1.165) is 29.2 Å². The van der Waals surface area contributed by atoms with Crippen LogP contribution in [0.1, 0.15) is 34.5 Å². The first-order chi connectivity index (χ1) is 10.3. The molecule has 5 heteroatoms. The Morgan fingerprint density at radius 2 is 2.29 bits per heavy atom. The Balaban J connectivity index is 1.81. The van der Waals surface area contributed by atoms with E-state index < -0.39 is 0 Å². The summed E-state index contributed by atoms with van der Waals surface area (Å²) in [6.45, 7) is 2.09. The summed E-state index contributed by atoms with van der Waals surface area (Å²) in [5.74, 6) is 0.978. The lowest BCUT2D eigenvalue weighted by atomic mass is 9.97. The first kappa shape index (κ1) is 12.7. The van der Waals surface area contributed by atoms with Crippen molar-refractivity contribution in [1.29, 1.82) is 0 Å². The van der Waals surface area contributed by atoms with Gasteiger partial charge in [0.05, 0.1) is 16.7 Å². The average Bonchev–Trinajstić information content (AvgIpc) is 3.12. The van der Waals surface area contributed by atoms with Gasteiger partial charge in [-0.05, 0) is 38.3 Å². The molecule has 4 nitrogen and oxygen atoms in total. The fourth-order valence-electron chi connectivity index (χ4n) is 3.07. The van der Waals surface area contributed by atoms with Crippen LogP contribution in [0.15, 0.2) is 36.9 Å². The second-order valence-corrected chi connectivity index (χ2v) is 6.64. The summed E-state index contributed by atoms with van der Waals surface area (Å²) in [7, 11) is 0. The fourth-order valence-corrected chi connectivity index (χ4v) is 4.10. The van der Waals surface area contributed by atoms with Crippen LogP contribution in [-0.4, -0.2) is 19.5 Å². The molecule has 1 atom stereocenters. The molecule has 3 heterocycles. The first-order valence-electron chi connectivity index (χ1n) is 7.22. The molecule has 3 aromatic heterocycles. The van der Waals surface area contributed by atoms with Crippen LogP contribution < -0.4 is 0 Å². The summed E-state index contributed by atoms with van der Waals surface area (Å²) in [4.78, 5) is 15.0. The quantitative estimate of drug-likeness (QED) is 0.725. The Morgan fingerprint density at radius 1 is 1.33 bits per heavy atom. The molecule has 0 saturated heterocycles. The number of nitrogens with zero attached hydrogens (tertiary/aromatic N) is 4. The van der Waals surface area contributed by atoms with E-state index >= 15 is 0 Å². The van der Waals surface area contributed by atoms with Crippen molar-refractivity contribution in [2.45, 2.75) is 32.2 Å². The molecule has 0 radical (unpaired) electrons. The van der Waals surface area contributed by atoms with Gasteiger partial charge in [-0.1, -0.05) is 0 Å². The molecule has 1 unspecified atom stereocenters. The lowest BCUT2D eigenvalue weighted by Gasteiger charge is -2.24. The zero-order valence-electron chi connectivity index (χ0n) is 11.9. The van der Waals surface area contributed by atoms with Crippen molar-refractivity contribution in [3.05, 3.63) is 52.5 Å². The van der Waals surface area contributed by atoms with Crippen LogP contribution in [0.5, 0.6) is 0 Å². The molecular formula is C16H16N4S. The van der Waals surface area contributed by atoms with Gasteiger partial charge >= 0.3 is 0 Å². The van der Waals surface area contributed by atoms with E-state index in [1.54, 1.807) is 6.20 Å². The number of rotatable bonds is 2. The first-order valence-corrected chi connectivity index (χ1v) is 8.04. The van der Waals surface area contributed by atoms with Gasteiger partial charge in [0.15, 0.2) is 0 Å². The Kier molecular flexibility index (Phi) is 3.07. The summed E-state index contributed by atoms with van der Waals surface area (Å²) < 4.78 is 2.26. The zero-order valence-corrected chi connectivity index (χ0v) is 12.7. The highest BCUT2D eigenvalue weighted by Gasteiger charge is 2.27. The summed E-state index contributed by atoms with van der Waals surface area (Å²) >= 11 is 1.84. The highest BCUT2D eigenvalue weighted by atomic mass is 32.1. The van der Waals surface area contributed by atoms with Crippen LogP contribution in [0.2, 0.25) is 0 Å². The molecule has 1 aliphatic carbocycles. The summed E-state index contributed by atoms with van der Waals surface area (Å²) in [5.41, 5.74) is 2.30. The van der Waals surface area contributed by atoms with Crippen molar-refractivity contribution in [2.24, 2.45) is 0 Å². The van der Waals surface area contributed by atoms with Crippen LogP contribution >= 0.6 is 11.3 Å². The highest BCUT2D eigenvalue weighted by Crippen LogP contribution is 2.37. The molecule has 1 aliphatic rings. The Labute approximate surface area is 127 Å². The molecule has 0 bridgehead atoms. The molecule has 0 aliphatic heterocycles. The van der Waals surface area contributed by atoms with E-state index in [-0.39, 0.29) is 0 Å². The van der Waals surface area contributed by atoms with Crippen molar-refractivity contribution >= 4 is 11.3 Å². The number of hydrogen-bond acceptors (Lipinski definition) is 4. The second-order valence-electron chi connectivity index (χ2n) is 5.35. The molecule has 106 valence electrons. The van der Waals surface area contributed by atoms with Gasteiger partial charge in [-0.2, -0.15) is 0 Å². The van der Waals surface area contributed by atoms with E-state index in [0.29, 0.717) is 6.04 Å². The minimum Gasteiger partial charge on any atom is -0.322 e. The van der Waals surface area contributed by atoms with E-state index in [4.69, 9.17) is 4.98 Å². The largest absolute Gasteiger partial charge is 0.322 e. The smallest absolute Gasteiger partial charge is 0.142 e. The predicted molar refractivity (Wildman–Crippen MR) is 83.4 cm³/mol. The molecule has 21 heavy (non-hydrogen) atoms. The van der Waals surface area contributed by atoms with Gasteiger partial charge in [-0.15, -0.1) is 11.3 Å². The Morgan fingerprint density at radius 3 is 3.14 bits per heavy atom. The molecule has 0 fully saturated rings. The molecule has 3 aromatic rings. The van der Waals surface area contributed by atoms with Crippen LogP contribution in [0.25, 0.3) is 11.4 Å². The number of hydrogen-bond donors (Lipinski definition) is 0. The van der Waals surface area contributed by atoms with Crippen LogP contribution in [0.4, 0.5) is 0 Å². The van der Waals surface area contributed by atoms with Gasteiger partial charge < -0.3 is 4.57 Å². The van der Waals surface area contributed by atoms with Crippen molar-refractivity contribution < 1.29 is 0 Å². The molecule has 0 amide bonds. The normalized spacial score (nSPS) is 17.7. The lowest BCUT2D eigenvalue weighted by Crippen LogP contribution is -2.17. The van der Waals surface area contributed by atoms with E-state index in [1.807, 2.05) is 29.8 Å². The SMILES string of the molecule is Cc1nc2c(s1)CCCC2n1ccnc1-c1cccnc1. The number of aromatic nitrogens is 4. The highest BCUT2D eigenvalue weighted by molar-refractivity contribution is 7.11. The minimum absolute atomic E-state index is 0.302. The number of pyridine rings is 1. The molecular weight excluding hydrogens is 280 g/mol. The number of aryl methyl sites for hydroxylation is 2. The minimum atomic E-state index is 0.302. The van der Waals surface area contributed by atoms with Gasteiger partial charge in [0.1, 0.15) is 5.82 Å². The van der Waals surface area contributed by atoms with Gasteiger partial charge in [0.25, 0.3) is 0 Å². The van der Waals surface area contributed by atoms with Crippen molar-refractivity contribution in [2.75, 3.05) is 0 Å². The average molecular weight is 296 g/mol. The Bertz CT molecular complexity index is 760. The standard InChI is InChI=1S/C16H16N4S/c1-11-19-15-13(5-2-6-14(15)21-11)20-9-8-18-16(20)12-4-3-7-17-10-12/h3-4,7-10,13H,2,5-6H2,1H3. The van der Waals surface area contributed by atoms with Gasteiger partial charge in [-0.25, -0.2) is 9.97 Å². The number of imidazole rings is 1. The molecule has 0 N–H and O–H groups in total. The van der Waals surface area contributed by atoms with Crippen molar-refractivity contribution in [3.63, 3.8) is 0 Å². The third-order valence-corrected chi connectivity index (χ3v) is 5.00. The Hall–Kier alpha value is -2.01. The zero-order chi connectivity index (χ0) is 14.2. The topological polar surface area (TPSA) is 43.6 Å². The number of fused-ring (bicyclic) bond motifs is 1. The van der Waals surface area contributed by atoms with E-state index in [2.05, 4.69) is 33.7 Å². The van der Waals surface area contributed by atoms with Crippen LogP contribution in [0.3, 0.4) is 0 Å². The maximum atomic E-state index is 4.78. The van der Waals surface area contributed by atoms with Crippen molar-refractivity contribution in [3.8, 4) is 11.4 Å². The molecule has 4 rings (SSSR count). The summed E-state index contributed by atoms with van der Waals surface area (Å²) in [5, 5.41) is 1.16. The molecule has 0 aromatic carbocycles. The number of thiazole rings is 1. The van der Waals surface area contributed by atoms with Crippen LogP contribution in [0, 0.1) is 6.92 Å². The van der Waals surface area contributed by atoms with Gasteiger partial charge in [0, 0.05) is 35.2 Å². The lowest BCUT2D eigenvalue weighted by molar-refractivity contribution is 0.486. The maximum absolute atomic E-state index is 4.78. The van der Waals surface area contributed by atoms with E-state index in [1.165, 1.54) is 17.0 Å². The molecule has 0 saturated carbocycles. The van der Waals surface area contributed by atoms with E-state index in [9.17, 15) is 0 Å². The third-order valence-electron chi connectivity index (χ3n) is 3.96. The maximum Gasteiger partial charge on any atom is 0.142 e. The summed E-state index contributed by atoms with van der Waals surface area (Å²) in [6.07, 6.45) is 11.1. The monoisotopic (exact) mass is 296 g/mol. The molecule has 0 spiro atoms. The van der Waals surface area contributed by atoms with Crippen molar-refractivity contribution in [1.82, 2.24) is 19.5 Å². The van der Waals surface area contributed by atoms with Gasteiger partial charge in [0.2, 0.25) is 0 Å². The van der Waals surface area contributed by atoms with Gasteiger partial charge in [-0.3, -0.25) is 4.98 Å². The third kappa shape index (κ3) is 2.17. The predicted octanol–water partition coefficient (Wildman–Crippen LogP) is 3.64. The fraction of sp³-hybridized carbons (Fsp3) is 0.312. The van der Waals surface area contributed by atoms with Crippen LogP contribution in [-0.2, 0) is 6.42 Å². The summed E-state index contributed by atoms with van der Waals surface area (Å²) in [6, 6.07) is 4.31. The second kappa shape index (κ2) is 5.07.